The molecule has 1 N–H and O–H groups in total. The van der Waals surface area contributed by atoms with Gasteiger partial charge in [0.15, 0.2) is 0 Å². The van der Waals surface area contributed by atoms with E-state index in [2.05, 4.69) is 17.0 Å². The molecule has 0 spiro atoms. The number of hydrogen-bond donors (Lipinski definition) is 1. The van der Waals surface area contributed by atoms with E-state index in [0.717, 1.165) is 26.2 Å². The van der Waals surface area contributed by atoms with E-state index in [-0.39, 0.29) is 11.6 Å². The summed E-state index contributed by atoms with van der Waals surface area (Å²) in [5, 5.41) is 0. The second-order valence-corrected chi connectivity index (χ2v) is 5.49. The lowest BCUT2D eigenvalue weighted by Crippen LogP contribution is -3.13. The Bertz CT molecular complexity index is 593. The van der Waals surface area contributed by atoms with E-state index in [1.54, 1.807) is 0 Å². The number of quaternary nitrogens is 1. The van der Waals surface area contributed by atoms with Gasteiger partial charge >= 0.3 is 0 Å². The van der Waals surface area contributed by atoms with Gasteiger partial charge in [-0.25, -0.2) is 8.78 Å². The standard InChI is InChI=1S/C17H18F2N2/c18-15-6-7-17(19)14(12-15)13-20-8-10-21(11-9-20)16-4-2-1-3-5-16/h1-7,12H,8-11,13H2/p+1. The molecule has 0 atom stereocenters. The van der Waals surface area contributed by atoms with Gasteiger partial charge in [0.25, 0.3) is 0 Å². The molecule has 2 aromatic rings. The lowest BCUT2D eigenvalue weighted by Gasteiger charge is -2.33. The fourth-order valence-electron chi connectivity index (χ4n) is 2.84. The van der Waals surface area contributed by atoms with E-state index in [4.69, 9.17) is 0 Å². The Balaban J connectivity index is 1.60. The Kier molecular flexibility index (Phi) is 4.15. The zero-order valence-electron chi connectivity index (χ0n) is 11.9. The molecule has 1 aliphatic heterocycles. The minimum absolute atomic E-state index is 0.311. The molecule has 1 saturated heterocycles. The van der Waals surface area contributed by atoms with Crippen molar-refractivity contribution in [3.8, 4) is 0 Å². The molecular weight excluding hydrogens is 270 g/mol. The highest BCUT2D eigenvalue weighted by Crippen LogP contribution is 2.13. The molecular formula is C17H19F2N2+. The average Bonchev–Trinajstić information content (AvgIpc) is 2.53. The Hall–Kier alpha value is -1.94. The maximum Gasteiger partial charge on any atom is 0.132 e. The summed E-state index contributed by atoms with van der Waals surface area (Å²) in [5.41, 5.74) is 1.70. The van der Waals surface area contributed by atoms with Gasteiger partial charge in [-0.1, -0.05) is 18.2 Å². The van der Waals surface area contributed by atoms with Crippen LogP contribution in [0.1, 0.15) is 5.56 Å². The Morgan fingerprint density at radius 1 is 0.952 bits per heavy atom. The van der Waals surface area contributed by atoms with Crippen LogP contribution in [0.15, 0.2) is 48.5 Å². The highest BCUT2D eigenvalue weighted by Gasteiger charge is 2.21. The molecule has 1 heterocycles. The lowest BCUT2D eigenvalue weighted by atomic mass is 10.1. The zero-order valence-corrected chi connectivity index (χ0v) is 11.9. The van der Waals surface area contributed by atoms with Crippen molar-refractivity contribution >= 4 is 5.69 Å². The molecule has 2 aromatic carbocycles. The van der Waals surface area contributed by atoms with Crippen LogP contribution in [0.5, 0.6) is 0 Å². The third kappa shape index (κ3) is 3.39. The second kappa shape index (κ2) is 6.22. The largest absolute Gasteiger partial charge is 0.360 e. The first-order chi connectivity index (χ1) is 10.2. The van der Waals surface area contributed by atoms with Gasteiger partial charge in [-0.2, -0.15) is 0 Å². The molecule has 110 valence electrons. The molecule has 3 rings (SSSR count). The van der Waals surface area contributed by atoms with Crippen molar-refractivity contribution in [3.05, 3.63) is 65.7 Å². The van der Waals surface area contributed by atoms with Gasteiger partial charge < -0.3 is 9.80 Å². The third-order valence-electron chi connectivity index (χ3n) is 4.04. The number of benzene rings is 2. The summed E-state index contributed by atoms with van der Waals surface area (Å²) in [6, 6.07) is 14.0. The smallest absolute Gasteiger partial charge is 0.132 e. The van der Waals surface area contributed by atoms with E-state index < -0.39 is 0 Å². The number of para-hydroxylation sites is 1. The van der Waals surface area contributed by atoms with Gasteiger partial charge in [0, 0.05) is 11.3 Å². The van der Waals surface area contributed by atoms with Crippen LogP contribution in [-0.4, -0.2) is 26.2 Å². The minimum Gasteiger partial charge on any atom is -0.360 e. The van der Waals surface area contributed by atoms with Gasteiger partial charge in [0.05, 0.1) is 26.2 Å². The van der Waals surface area contributed by atoms with E-state index >= 15 is 0 Å². The molecule has 0 aliphatic carbocycles. The molecule has 0 amide bonds. The highest BCUT2D eigenvalue weighted by atomic mass is 19.1. The van der Waals surface area contributed by atoms with Gasteiger partial charge in [0.2, 0.25) is 0 Å². The third-order valence-corrected chi connectivity index (χ3v) is 4.04. The van der Waals surface area contributed by atoms with Crippen molar-refractivity contribution in [2.75, 3.05) is 31.1 Å². The fraction of sp³-hybridized carbons (Fsp3) is 0.294. The summed E-state index contributed by atoms with van der Waals surface area (Å²) < 4.78 is 26.9. The monoisotopic (exact) mass is 289 g/mol. The van der Waals surface area contributed by atoms with Crippen molar-refractivity contribution in [2.24, 2.45) is 0 Å². The average molecular weight is 289 g/mol. The molecule has 1 fully saturated rings. The predicted octanol–water partition coefficient (Wildman–Crippen LogP) is 1.87. The van der Waals surface area contributed by atoms with Gasteiger partial charge in [-0.3, -0.25) is 0 Å². The molecule has 4 heteroatoms. The van der Waals surface area contributed by atoms with Gasteiger partial charge in [0.1, 0.15) is 18.2 Å². The number of anilines is 1. The summed E-state index contributed by atoms with van der Waals surface area (Å²) in [6.45, 7) is 4.30. The van der Waals surface area contributed by atoms with Crippen molar-refractivity contribution in [1.82, 2.24) is 0 Å². The van der Waals surface area contributed by atoms with E-state index in [1.165, 1.54) is 28.8 Å². The second-order valence-electron chi connectivity index (χ2n) is 5.49. The molecule has 0 radical (unpaired) electrons. The first-order valence-corrected chi connectivity index (χ1v) is 7.30. The molecule has 0 aromatic heterocycles. The molecule has 2 nitrogen and oxygen atoms in total. The molecule has 0 bridgehead atoms. The molecule has 0 saturated carbocycles. The van der Waals surface area contributed by atoms with Gasteiger partial charge in [-0.05, 0) is 30.3 Å². The lowest BCUT2D eigenvalue weighted by molar-refractivity contribution is -0.914. The topological polar surface area (TPSA) is 7.68 Å². The fourth-order valence-corrected chi connectivity index (χ4v) is 2.84. The quantitative estimate of drug-likeness (QED) is 0.906. The number of nitrogens with one attached hydrogen (secondary N) is 1. The number of nitrogens with zero attached hydrogens (tertiary/aromatic N) is 1. The summed E-state index contributed by atoms with van der Waals surface area (Å²) in [5.74, 6) is -0.678. The number of hydrogen-bond acceptors (Lipinski definition) is 1. The number of piperazine rings is 1. The van der Waals surface area contributed by atoms with E-state index in [0.29, 0.717) is 12.1 Å². The predicted molar refractivity (Wildman–Crippen MR) is 79.4 cm³/mol. The number of rotatable bonds is 3. The van der Waals surface area contributed by atoms with Crippen molar-refractivity contribution in [1.29, 1.82) is 0 Å². The SMILES string of the molecule is Fc1ccc(F)c(C[NH+]2CCN(c3ccccc3)CC2)c1. The van der Waals surface area contributed by atoms with E-state index in [9.17, 15) is 8.78 Å². The van der Waals surface area contributed by atoms with Crippen LogP contribution in [-0.2, 0) is 6.54 Å². The summed E-state index contributed by atoms with van der Waals surface area (Å²) in [6.07, 6.45) is 0. The van der Waals surface area contributed by atoms with Crippen LogP contribution in [0, 0.1) is 11.6 Å². The Morgan fingerprint density at radius 2 is 1.67 bits per heavy atom. The summed E-state index contributed by atoms with van der Waals surface area (Å²) in [4.78, 5) is 3.64. The van der Waals surface area contributed by atoms with Crippen molar-refractivity contribution < 1.29 is 13.7 Å². The molecule has 0 unspecified atom stereocenters. The van der Waals surface area contributed by atoms with Crippen LogP contribution in [0.25, 0.3) is 0 Å². The highest BCUT2D eigenvalue weighted by molar-refractivity contribution is 5.46. The minimum atomic E-state index is -0.367. The van der Waals surface area contributed by atoms with Crippen LogP contribution in [0.2, 0.25) is 0 Å². The van der Waals surface area contributed by atoms with Crippen LogP contribution < -0.4 is 9.80 Å². The first kappa shape index (κ1) is 14.0. The van der Waals surface area contributed by atoms with Gasteiger partial charge in [-0.15, -0.1) is 0 Å². The first-order valence-electron chi connectivity index (χ1n) is 7.30. The van der Waals surface area contributed by atoms with Crippen LogP contribution >= 0.6 is 0 Å². The Labute approximate surface area is 123 Å². The van der Waals surface area contributed by atoms with Crippen molar-refractivity contribution in [3.63, 3.8) is 0 Å². The molecule has 21 heavy (non-hydrogen) atoms. The van der Waals surface area contributed by atoms with E-state index in [1.807, 2.05) is 18.2 Å². The zero-order chi connectivity index (χ0) is 14.7. The maximum atomic E-state index is 13.7. The number of halogens is 2. The Morgan fingerprint density at radius 3 is 2.38 bits per heavy atom. The van der Waals surface area contributed by atoms with Crippen molar-refractivity contribution in [2.45, 2.75) is 6.54 Å². The van der Waals surface area contributed by atoms with Crippen LogP contribution in [0.4, 0.5) is 14.5 Å². The summed E-state index contributed by atoms with van der Waals surface area (Å²) in [7, 11) is 0. The summed E-state index contributed by atoms with van der Waals surface area (Å²) >= 11 is 0. The molecule has 1 aliphatic rings. The maximum absolute atomic E-state index is 13.7. The normalized spacial score (nSPS) is 16.2. The van der Waals surface area contributed by atoms with Crippen LogP contribution in [0.3, 0.4) is 0 Å².